The highest BCUT2D eigenvalue weighted by atomic mass is 16.3. The number of rotatable bonds is 3. The van der Waals surface area contributed by atoms with E-state index in [4.69, 9.17) is 0 Å². The SMILES string of the molecule is CC[C@H]1[C@H](O)C[C@H](c2ccccc2)[NH2+][C@@H]1c1ccccc1. The van der Waals surface area contributed by atoms with Gasteiger partial charge in [0.05, 0.1) is 6.10 Å². The zero-order valence-corrected chi connectivity index (χ0v) is 12.5. The van der Waals surface area contributed by atoms with Crippen molar-refractivity contribution in [2.45, 2.75) is 38.0 Å². The Bertz CT molecular complexity index is 554. The van der Waals surface area contributed by atoms with E-state index in [1.165, 1.54) is 11.1 Å². The van der Waals surface area contributed by atoms with Crippen molar-refractivity contribution in [3.8, 4) is 0 Å². The highest BCUT2D eigenvalue weighted by Gasteiger charge is 2.40. The number of benzene rings is 2. The molecule has 0 unspecified atom stereocenters. The van der Waals surface area contributed by atoms with Gasteiger partial charge in [0.25, 0.3) is 0 Å². The maximum absolute atomic E-state index is 10.6. The largest absolute Gasteiger partial charge is 0.392 e. The Morgan fingerprint density at radius 3 is 2.10 bits per heavy atom. The van der Waals surface area contributed by atoms with Crippen molar-refractivity contribution in [2.24, 2.45) is 5.92 Å². The minimum Gasteiger partial charge on any atom is -0.392 e. The van der Waals surface area contributed by atoms with Crippen LogP contribution in [0.15, 0.2) is 60.7 Å². The topological polar surface area (TPSA) is 36.8 Å². The zero-order chi connectivity index (χ0) is 14.7. The first-order chi connectivity index (χ1) is 10.3. The fourth-order valence-electron chi connectivity index (χ4n) is 3.65. The summed E-state index contributed by atoms with van der Waals surface area (Å²) in [6, 6.07) is 21.8. The molecule has 0 aliphatic carbocycles. The summed E-state index contributed by atoms with van der Waals surface area (Å²) < 4.78 is 0. The molecular weight excluding hydrogens is 258 g/mol. The van der Waals surface area contributed by atoms with Gasteiger partial charge in [0.1, 0.15) is 12.1 Å². The summed E-state index contributed by atoms with van der Waals surface area (Å²) in [6.07, 6.45) is 1.63. The Balaban J connectivity index is 1.89. The van der Waals surface area contributed by atoms with Crippen LogP contribution in [0.2, 0.25) is 0 Å². The Labute approximate surface area is 126 Å². The number of hydrogen-bond acceptors (Lipinski definition) is 1. The summed E-state index contributed by atoms with van der Waals surface area (Å²) in [7, 11) is 0. The van der Waals surface area contributed by atoms with Crippen molar-refractivity contribution in [1.29, 1.82) is 0 Å². The minimum atomic E-state index is -0.226. The standard InChI is InChI=1S/C19H23NO/c1-2-16-18(21)13-17(14-9-5-3-6-10-14)20-19(16)15-11-7-4-8-12-15/h3-12,16-21H,2,13H2,1H3/p+1/t16-,17+,18+,19+/m0/s1. The fraction of sp³-hybridized carbons (Fsp3) is 0.368. The normalized spacial score (nSPS) is 29.2. The van der Waals surface area contributed by atoms with Gasteiger partial charge in [-0.25, -0.2) is 0 Å². The first-order valence-corrected chi connectivity index (χ1v) is 7.92. The molecule has 3 N–H and O–H groups in total. The molecule has 0 radical (unpaired) electrons. The molecule has 110 valence electrons. The van der Waals surface area contributed by atoms with Crippen LogP contribution in [0.1, 0.15) is 43.0 Å². The van der Waals surface area contributed by atoms with Gasteiger partial charge in [0.2, 0.25) is 0 Å². The number of piperidine rings is 1. The summed E-state index contributed by atoms with van der Waals surface area (Å²) in [6.45, 7) is 2.18. The van der Waals surface area contributed by atoms with Gasteiger partial charge in [0.15, 0.2) is 0 Å². The van der Waals surface area contributed by atoms with E-state index >= 15 is 0 Å². The van der Waals surface area contributed by atoms with Crippen LogP contribution < -0.4 is 5.32 Å². The van der Waals surface area contributed by atoms with Gasteiger partial charge in [-0.1, -0.05) is 67.6 Å². The summed E-state index contributed by atoms with van der Waals surface area (Å²) >= 11 is 0. The van der Waals surface area contributed by atoms with Crippen LogP contribution in [0, 0.1) is 5.92 Å². The molecule has 1 fully saturated rings. The van der Waals surface area contributed by atoms with Crippen LogP contribution in [0.25, 0.3) is 0 Å². The van der Waals surface area contributed by atoms with E-state index in [1.54, 1.807) is 0 Å². The van der Waals surface area contributed by atoms with Crippen molar-refractivity contribution in [1.82, 2.24) is 0 Å². The third kappa shape index (κ3) is 3.02. The van der Waals surface area contributed by atoms with Gasteiger partial charge in [-0.05, 0) is 6.42 Å². The quantitative estimate of drug-likeness (QED) is 0.892. The van der Waals surface area contributed by atoms with Crippen molar-refractivity contribution in [3.63, 3.8) is 0 Å². The lowest BCUT2D eigenvalue weighted by Crippen LogP contribution is -2.90. The molecule has 1 aliphatic rings. The van der Waals surface area contributed by atoms with E-state index in [2.05, 4.69) is 66.8 Å². The molecule has 3 rings (SSSR count). The third-order valence-corrected chi connectivity index (χ3v) is 4.77. The van der Waals surface area contributed by atoms with Crippen LogP contribution in [0.4, 0.5) is 0 Å². The second kappa shape index (κ2) is 6.42. The molecule has 0 aromatic heterocycles. The highest BCUT2D eigenvalue weighted by molar-refractivity contribution is 5.21. The lowest BCUT2D eigenvalue weighted by atomic mass is 9.78. The molecule has 0 spiro atoms. The van der Waals surface area contributed by atoms with Gasteiger partial charge in [0, 0.05) is 23.5 Å². The van der Waals surface area contributed by atoms with E-state index in [0.29, 0.717) is 18.0 Å². The van der Waals surface area contributed by atoms with Gasteiger partial charge in [-0.3, -0.25) is 0 Å². The molecule has 4 atom stereocenters. The first-order valence-electron chi connectivity index (χ1n) is 7.92. The molecule has 1 saturated heterocycles. The van der Waals surface area contributed by atoms with Gasteiger partial charge >= 0.3 is 0 Å². The van der Waals surface area contributed by atoms with Gasteiger partial charge in [-0.2, -0.15) is 0 Å². The van der Waals surface area contributed by atoms with Crippen LogP contribution in [0.5, 0.6) is 0 Å². The molecule has 1 aliphatic heterocycles. The monoisotopic (exact) mass is 282 g/mol. The van der Waals surface area contributed by atoms with Crippen LogP contribution in [-0.4, -0.2) is 11.2 Å². The van der Waals surface area contributed by atoms with Crippen LogP contribution in [-0.2, 0) is 0 Å². The summed E-state index contributed by atoms with van der Waals surface area (Å²) in [5.74, 6) is 0.326. The Morgan fingerprint density at radius 2 is 1.52 bits per heavy atom. The molecule has 0 amide bonds. The molecular formula is C19H24NO+. The number of quaternary nitrogens is 1. The average Bonchev–Trinajstić information content (AvgIpc) is 2.55. The second-order valence-electron chi connectivity index (χ2n) is 6.02. The maximum atomic E-state index is 10.6. The maximum Gasteiger partial charge on any atom is 0.117 e. The van der Waals surface area contributed by atoms with Gasteiger partial charge in [-0.15, -0.1) is 0 Å². The summed E-state index contributed by atoms with van der Waals surface area (Å²) in [4.78, 5) is 0. The van der Waals surface area contributed by atoms with E-state index in [1.807, 2.05) is 6.07 Å². The van der Waals surface area contributed by atoms with Gasteiger partial charge < -0.3 is 10.4 Å². The predicted octanol–water partition coefficient (Wildman–Crippen LogP) is 2.82. The van der Waals surface area contributed by atoms with Crippen molar-refractivity contribution >= 4 is 0 Å². The lowest BCUT2D eigenvalue weighted by molar-refractivity contribution is -0.753. The predicted molar refractivity (Wildman–Crippen MR) is 84.7 cm³/mol. The molecule has 21 heavy (non-hydrogen) atoms. The summed E-state index contributed by atoms with van der Waals surface area (Å²) in [5.41, 5.74) is 2.64. The molecule has 2 aromatic rings. The minimum absolute atomic E-state index is 0.226. The molecule has 2 aromatic carbocycles. The Morgan fingerprint density at radius 1 is 0.952 bits per heavy atom. The molecule has 0 bridgehead atoms. The van der Waals surface area contributed by atoms with Crippen LogP contribution in [0.3, 0.4) is 0 Å². The molecule has 1 heterocycles. The van der Waals surface area contributed by atoms with Crippen LogP contribution >= 0.6 is 0 Å². The van der Waals surface area contributed by atoms with E-state index < -0.39 is 0 Å². The van der Waals surface area contributed by atoms with Crippen molar-refractivity contribution < 1.29 is 10.4 Å². The number of nitrogens with two attached hydrogens (primary N) is 1. The zero-order valence-electron chi connectivity index (χ0n) is 12.5. The molecule has 2 nitrogen and oxygen atoms in total. The Hall–Kier alpha value is -1.64. The fourth-order valence-corrected chi connectivity index (χ4v) is 3.65. The Kier molecular flexibility index (Phi) is 4.37. The average molecular weight is 282 g/mol. The lowest BCUT2D eigenvalue weighted by Gasteiger charge is -2.38. The number of aliphatic hydroxyl groups is 1. The van der Waals surface area contributed by atoms with Crippen molar-refractivity contribution in [2.75, 3.05) is 0 Å². The smallest absolute Gasteiger partial charge is 0.117 e. The number of aliphatic hydroxyl groups excluding tert-OH is 1. The van der Waals surface area contributed by atoms with E-state index in [9.17, 15) is 5.11 Å². The third-order valence-electron chi connectivity index (χ3n) is 4.77. The molecule has 0 saturated carbocycles. The number of hydrogen-bond donors (Lipinski definition) is 2. The van der Waals surface area contributed by atoms with E-state index in [-0.39, 0.29) is 6.10 Å². The van der Waals surface area contributed by atoms with Crippen molar-refractivity contribution in [3.05, 3.63) is 71.8 Å². The summed E-state index contributed by atoms with van der Waals surface area (Å²) in [5, 5.41) is 13.1. The molecule has 2 heteroatoms. The highest BCUT2D eigenvalue weighted by Crippen LogP contribution is 2.33. The second-order valence-corrected chi connectivity index (χ2v) is 6.02. The van der Waals surface area contributed by atoms with E-state index in [0.717, 1.165) is 12.8 Å². The first kappa shape index (κ1) is 14.3.